The zero-order valence-electron chi connectivity index (χ0n) is 21.0. The second kappa shape index (κ2) is 12.1. The van der Waals surface area contributed by atoms with Gasteiger partial charge in [-0.25, -0.2) is 17.9 Å². The molecule has 0 saturated heterocycles. The number of carboxylic acid groups (broad SMARTS) is 1. The van der Waals surface area contributed by atoms with Crippen molar-refractivity contribution in [2.45, 2.75) is 51.9 Å². The summed E-state index contributed by atoms with van der Waals surface area (Å²) in [6.07, 6.45) is 0.343. The van der Waals surface area contributed by atoms with E-state index in [-0.39, 0.29) is 29.4 Å². The fraction of sp³-hybridized carbons (Fsp3) is 0.462. The summed E-state index contributed by atoms with van der Waals surface area (Å²) >= 11 is 0. The molecule has 2 aliphatic heterocycles. The van der Waals surface area contributed by atoms with Crippen molar-refractivity contribution in [3.05, 3.63) is 64.5 Å². The van der Waals surface area contributed by atoms with Crippen molar-refractivity contribution in [3.8, 4) is 0 Å². The Hall–Kier alpha value is -2.86. The van der Waals surface area contributed by atoms with Gasteiger partial charge in [0.15, 0.2) is 9.84 Å². The predicted octanol–water partition coefficient (Wildman–Crippen LogP) is 2.72. The van der Waals surface area contributed by atoms with E-state index in [1.165, 1.54) is 24.1 Å². The number of hydrogen-bond acceptors (Lipinski definition) is 8. The Labute approximate surface area is 216 Å². The lowest BCUT2D eigenvalue weighted by Crippen LogP contribution is -2.52. The molecule has 0 amide bonds. The number of fused-ring (bicyclic) bond motifs is 1. The smallest absolute Gasteiger partial charge is 0.306 e. The number of hydrogen-bond donors (Lipinski definition) is 3. The Morgan fingerprint density at radius 3 is 2.51 bits per heavy atom. The fourth-order valence-corrected chi connectivity index (χ4v) is 5.03. The van der Waals surface area contributed by atoms with E-state index in [9.17, 15) is 32.9 Å². The van der Waals surface area contributed by atoms with Crippen molar-refractivity contribution in [2.75, 3.05) is 18.9 Å². The number of allylic oxidation sites excluding steroid dienone is 2. The van der Waals surface area contributed by atoms with Gasteiger partial charge >= 0.3 is 5.97 Å². The van der Waals surface area contributed by atoms with Gasteiger partial charge in [0.05, 0.1) is 24.0 Å². The first-order valence-electron chi connectivity index (χ1n) is 12.1. The third-order valence-corrected chi connectivity index (χ3v) is 7.62. The molecule has 3 atom stereocenters. The maximum atomic E-state index is 13.6. The number of rotatable bonds is 10. The molecule has 0 spiro atoms. The van der Waals surface area contributed by atoms with Crippen molar-refractivity contribution >= 4 is 27.1 Å². The monoisotopic (exact) mass is 536 g/mol. The lowest BCUT2D eigenvalue weighted by atomic mass is 9.91. The minimum atomic E-state index is -3.81. The molecule has 0 saturated carbocycles. The average molecular weight is 537 g/mol. The van der Waals surface area contributed by atoms with Crippen molar-refractivity contribution < 1.29 is 37.8 Å². The second-order valence-electron chi connectivity index (χ2n) is 9.24. The van der Waals surface area contributed by atoms with Gasteiger partial charge in [-0.05, 0) is 36.1 Å². The van der Waals surface area contributed by atoms with Crippen LogP contribution in [0.25, 0.3) is 5.57 Å². The van der Waals surface area contributed by atoms with Gasteiger partial charge in [-0.2, -0.15) is 0 Å². The van der Waals surface area contributed by atoms with Gasteiger partial charge < -0.3 is 15.3 Å². The molecule has 3 rings (SSSR count). The maximum absolute atomic E-state index is 13.6. The zero-order chi connectivity index (χ0) is 27.3. The Morgan fingerprint density at radius 2 is 1.92 bits per heavy atom. The van der Waals surface area contributed by atoms with E-state index in [4.69, 9.17) is 4.84 Å². The quantitative estimate of drug-likeness (QED) is 0.415. The largest absolute Gasteiger partial charge is 0.481 e. The molecule has 1 aromatic carbocycles. The highest BCUT2D eigenvalue weighted by molar-refractivity contribution is 7.94. The number of carboxylic acids is 1. The first-order valence-corrected chi connectivity index (χ1v) is 13.8. The highest BCUT2D eigenvalue weighted by Gasteiger charge is 2.40. The number of benzene rings is 1. The van der Waals surface area contributed by atoms with Gasteiger partial charge in [0.2, 0.25) is 0 Å². The molecule has 1 aromatic rings. The number of halogens is 1. The average Bonchev–Trinajstić information content (AvgIpc) is 3.03. The third-order valence-electron chi connectivity index (χ3n) is 6.20. The van der Waals surface area contributed by atoms with Gasteiger partial charge in [0, 0.05) is 28.8 Å². The minimum absolute atomic E-state index is 0.0530. The van der Waals surface area contributed by atoms with Crippen LogP contribution in [0, 0.1) is 11.7 Å². The molecule has 2 aliphatic rings. The number of nitrogens with zero attached hydrogens (tertiary/aromatic N) is 2. The molecule has 0 radical (unpaired) electrons. The number of sulfone groups is 1. The van der Waals surface area contributed by atoms with Gasteiger partial charge in [0.1, 0.15) is 24.6 Å². The molecule has 3 N–H and O–H groups in total. The molecular weight excluding hydrogens is 503 g/mol. The van der Waals surface area contributed by atoms with E-state index in [0.717, 1.165) is 29.5 Å². The molecule has 9 nitrogen and oxygen atoms in total. The number of carbonyl (C=O) groups is 1. The molecule has 1 unspecified atom stereocenters. The number of aliphatic carboxylic acids is 1. The van der Waals surface area contributed by atoms with Crippen LogP contribution in [0.4, 0.5) is 4.39 Å². The highest BCUT2D eigenvalue weighted by Crippen LogP contribution is 2.33. The summed E-state index contributed by atoms with van der Waals surface area (Å²) in [7, 11) is -3.81. The van der Waals surface area contributed by atoms with E-state index in [2.05, 4.69) is 4.99 Å². The summed E-state index contributed by atoms with van der Waals surface area (Å²) < 4.78 is 38.9. The lowest BCUT2D eigenvalue weighted by Gasteiger charge is -2.40. The summed E-state index contributed by atoms with van der Waals surface area (Å²) in [5.74, 6) is -2.34. The van der Waals surface area contributed by atoms with E-state index < -0.39 is 46.3 Å². The van der Waals surface area contributed by atoms with Crippen molar-refractivity contribution in [1.29, 1.82) is 0 Å². The number of aliphatic hydroxyl groups excluding tert-OH is 2. The number of hydroxylamine groups is 2. The molecule has 202 valence electrons. The molecule has 0 aromatic heterocycles. The van der Waals surface area contributed by atoms with E-state index in [0.29, 0.717) is 18.0 Å². The zero-order valence-corrected chi connectivity index (χ0v) is 21.9. The normalized spacial score (nSPS) is 19.3. The maximum Gasteiger partial charge on any atom is 0.306 e. The second-order valence-corrected chi connectivity index (χ2v) is 11.4. The van der Waals surface area contributed by atoms with Crippen molar-refractivity contribution in [2.24, 2.45) is 10.9 Å². The number of aliphatic hydroxyl groups is 2. The SMILES string of the molecule is CCS(=O)(=O)/C=C(\c1ccc(F)cc1)[C@H](O)C([C@H](O)CC(=O)O)N1OCC2=CCCN=C2C=C1C(C)C. The van der Waals surface area contributed by atoms with Crippen LogP contribution in [0.3, 0.4) is 0 Å². The van der Waals surface area contributed by atoms with E-state index in [1.807, 2.05) is 19.9 Å². The molecule has 11 heteroatoms. The first-order chi connectivity index (χ1) is 17.4. The van der Waals surface area contributed by atoms with Gasteiger partial charge in [-0.1, -0.05) is 39.0 Å². The molecule has 2 heterocycles. The molecule has 37 heavy (non-hydrogen) atoms. The topological polar surface area (TPSA) is 137 Å². The molecule has 0 fully saturated rings. The van der Waals surface area contributed by atoms with Crippen LogP contribution in [0.2, 0.25) is 0 Å². The van der Waals surface area contributed by atoms with Crippen LogP contribution in [0.1, 0.15) is 39.2 Å². The lowest BCUT2D eigenvalue weighted by molar-refractivity contribution is -0.195. The van der Waals surface area contributed by atoms with Crippen LogP contribution in [-0.2, 0) is 19.5 Å². The third kappa shape index (κ3) is 7.13. The Balaban J connectivity index is 2.19. The van der Waals surface area contributed by atoms with Crippen LogP contribution in [-0.4, -0.2) is 77.6 Å². The van der Waals surface area contributed by atoms with Crippen LogP contribution in [0.5, 0.6) is 0 Å². The Bertz CT molecular complexity index is 1220. The summed E-state index contributed by atoms with van der Waals surface area (Å²) in [5.41, 5.74) is 2.11. The number of aliphatic imine (C=N–C) groups is 1. The Morgan fingerprint density at radius 1 is 1.24 bits per heavy atom. The highest BCUT2D eigenvalue weighted by atomic mass is 32.2. The van der Waals surface area contributed by atoms with E-state index >= 15 is 0 Å². The van der Waals surface area contributed by atoms with Crippen molar-refractivity contribution in [1.82, 2.24) is 5.06 Å². The minimum Gasteiger partial charge on any atom is -0.481 e. The van der Waals surface area contributed by atoms with Gasteiger partial charge in [-0.3, -0.25) is 14.6 Å². The number of dihydropyridines is 1. The first kappa shape index (κ1) is 28.7. The van der Waals surface area contributed by atoms with E-state index in [1.54, 1.807) is 6.08 Å². The molecule has 0 bridgehead atoms. The standard InChI is InChI=1S/C26H33FN2O7S/c1-4-37(34,35)15-20(17-7-9-19(27)10-8-17)26(33)25(23(30)13-24(31)32)29-22(16(2)3)12-21-18(14-36-29)6-5-11-28-21/h6-10,12,15-16,23,25-26,30,33H,4-5,11,13-14H2,1-3H3,(H,31,32)/b20-15+/t23-,25?,26+/m1/s1. The summed E-state index contributed by atoms with van der Waals surface area (Å²) in [6.45, 7) is 5.82. The fourth-order valence-electron chi connectivity index (χ4n) is 4.20. The summed E-state index contributed by atoms with van der Waals surface area (Å²) in [6, 6.07) is 3.44. The Kier molecular flexibility index (Phi) is 9.41. The van der Waals surface area contributed by atoms with Gasteiger partial charge in [0.25, 0.3) is 0 Å². The van der Waals surface area contributed by atoms with Crippen molar-refractivity contribution in [3.63, 3.8) is 0 Å². The van der Waals surface area contributed by atoms with Crippen LogP contribution >= 0.6 is 0 Å². The summed E-state index contributed by atoms with van der Waals surface area (Å²) in [5, 5.41) is 34.3. The predicted molar refractivity (Wildman–Crippen MR) is 138 cm³/mol. The summed E-state index contributed by atoms with van der Waals surface area (Å²) in [4.78, 5) is 22.2. The van der Waals surface area contributed by atoms with Crippen LogP contribution in [0.15, 0.2) is 58.1 Å². The molecule has 0 aliphatic carbocycles. The molecular formula is C26H33FN2O7S. The van der Waals surface area contributed by atoms with Gasteiger partial charge in [-0.15, -0.1) is 0 Å². The van der Waals surface area contributed by atoms with Crippen LogP contribution < -0.4 is 0 Å².